The maximum atomic E-state index is 12.3. The van der Waals surface area contributed by atoms with E-state index < -0.39 is 0 Å². The van der Waals surface area contributed by atoms with Crippen LogP contribution in [0.25, 0.3) is 5.95 Å². The van der Waals surface area contributed by atoms with E-state index in [1.54, 1.807) is 28.9 Å². The van der Waals surface area contributed by atoms with E-state index >= 15 is 0 Å². The first-order valence-corrected chi connectivity index (χ1v) is 9.55. The van der Waals surface area contributed by atoms with Gasteiger partial charge in [0.05, 0.1) is 34.9 Å². The lowest BCUT2D eigenvalue weighted by Gasteiger charge is -2.13. The molecule has 0 aliphatic carbocycles. The number of aryl methyl sites for hydroxylation is 2. The van der Waals surface area contributed by atoms with E-state index in [2.05, 4.69) is 20.4 Å². The minimum absolute atomic E-state index is 0.159. The van der Waals surface area contributed by atoms with Gasteiger partial charge in [-0.05, 0) is 38.5 Å². The zero-order chi connectivity index (χ0) is 21.3. The summed E-state index contributed by atoms with van der Waals surface area (Å²) in [6.07, 6.45) is 3.55. The zero-order valence-corrected chi connectivity index (χ0v) is 16.6. The number of aromatic nitrogens is 4. The van der Waals surface area contributed by atoms with Gasteiger partial charge in [-0.15, -0.1) is 0 Å². The molecule has 0 radical (unpaired) electrons. The first-order valence-electron chi connectivity index (χ1n) is 9.55. The molecular formula is C21H20N6O3. The molecule has 0 spiro atoms. The first kappa shape index (κ1) is 19.4. The van der Waals surface area contributed by atoms with E-state index in [1.165, 1.54) is 17.3 Å². The highest BCUT2D eigenvalue weighted by Gasteiger charge is 2.34. The third kappa shape index (κ3) is 3.69. The molecule has 1 aliphatic rings. The van der Waals surface area contributed by atoms with Crippen LogP contribution in [-0.2, 0) is 4.79 Å². The topological polar surface area (TPSA) is 110 Å². The number of nitrogens with one attached hydrogen (secondary N) is 1. The summed E-state index contributed by atoms with van der Waals surface area (Å²) in [6.45, 7) is 3.99. The number of imide groups is 1. The van der Waals surface area contributed by atoms with Crippen LogP contribution in [0.1, 0.15) is 44.9 Å². The average molecular weight is 404 g/mol. The van der Waals surface area contributed by atoms with Crippen LogP contribution in [0.15, 0.2) is 42.7 Å². The molecule has 30 heavy (non-hydrogen) atoms. The Bertz CT molecular complexity index is 1100. The minimum atomic E-state index is -0.316. The maximum Gasteiger partial charge on any atom is 0.261 e. The van der Waals surface area contributed by atoms with Gasteiger partial charge < -0.3 is 5.32 Å². The van der Waals surface area contributed by atoms with Gasteiger partial charge in [-0.3, -0.25) is 19.3 Å². The molecule has 3 aromatic rings. The normalized spacial score (nSPS) is 12.9. The summed E-state index contributed by atoms with van der Waals surface area (Å²) >= 11 is 0. The number of hydrogen-bond acceptors (Lipinski definition) is 6. The summed E-state index contributed by atoms with van der Waals surface area (Å²) in [5, 5.41) is 7.04. The smallest absolute Gasteiger partial charge is 0.261 e. The number of anilines is 1. The molecule has 1 N–H and O–H groups in total. The zero-order valence-electron chi connectivity index (χ0n) is 16.6. The highest BCUT2D eigenvalue weighted by atomic mass is 16.2. The minimum Gasteiger partial charge on any atom is -0.323 e. The molecule has 9 heteroatoms. The average Bonchev–Trinajstić information content (AvgIpc) is 3.19. The Kier molecular flexibility index (Phi) is 5.09. The van der Waals surface area contributed by atoms with E-state index in [0.29, 0.717) is 29.2 Å². The molecule has 0 atom stereocenters. The van der Waals surface area contributed by atoms with Gasteiger partial charge in [-0.2, -0.15) is 5.10 Å². The van der Waals surface area contributed by atoms with E-state index in [-0.39, 0.29) is 30.7 Å². The van der Waals surface area contributed by atoms with Crippen LogP contribution in [-0.4, -0.2) is 48.9 Å². The van der Waals surface area contributed by atoms with Crippen molar-refractivity contribution < 1.29 is 14.4 Å². The van der Waals surface area contributed by atoms with Crippen LogP contribution in [0.4, 0.5) is 5.69 Å². The lowest BCUT2D eigenvalue weighted by atomic mass is 10.1. The number of carbonyl (C=O) groups is 3. The maximum absolute atomic E-state index is 12.3. The fraction of sp³-hybridized carbons (Fsp3) is 0.238. The van der Waals surface area contributed by atoms with Crippen LogP contribution in [0.3, 0.4) is 0 Å². The number of rotatable bonds is 6. The van der Waals surface area contributed by atoms with Gasteiger partial charge in [0.25, 0.3) is 17.8 Å². The number of carbonyl (C=O) groups excluding carboxylic acids is 3. The Labute approximate surface area is 172 Å². The van der Waals surface area contributed by atoms with Crippen molar-refractivity contribution in [1.82, 2.24) is 24.6 Å². The van der Waals surface area contributed by atoms with Crippen LogP contribution in [0, 0.1) is 13.8 Å². The predicted octanol–water partition coefficient (Wildman–Crippen LogP) is 2.29. The molecule has 0 unspecified atom stereocenters. The summed E-state index contributed by atoms with van der Waals surface area (Å²) in [5.74, 6) is -0.452. The molecule has 3 amide bonds. The highest BCUT2D eigenvalue weighted by molar-refractivity contribution is 6.21. The molecular weight excluding hydrogens is 384 g/mol. The molecule has 152 valence electrons. The summed E-state index contributed by atoms with van der Waals surface area (Å²) < 4.78 is 1.63. The number of nitrogens with zero attached hydrogens (tertiary/aromatic N) is 5. The molecule has 0 saturated carbocycles. The van der Waals surface area contributed by atoms with E-state index in [0.717, 1.165) is 11.4 Å². The monoisotopic (exact) mass is 404 g/mol. The second-order valence-electron chi connectivity index (χ2n) is 7.07. The number of hydrogen-bond donors (Lipinski definition) is 1. The molecule has 3 heterocycles. The van der Waals surface area contributed by atoms with Crippen molar-refractivity contribution >= 4 is 23.4 Å². The lowest BCUT2D eigenvalue weighted by molar-refractivity contribution is -0.116. The van der Waals surface area contributed by atoms with Crippen LogP contribution >= 0.6 is 0 Å². The molecule has 1 aromatic carbocycles. The number of benzene rings is 1. The number of amides is 3. The van der Waals surface area contributed by atoms with Gasteiger partial charge in [0.2, 0.25) is 5.91 Å². The summed E-state index contributed by atoms with van der Waals surface area (Å²) in [6, 6.07) is 8.65. The van der Waals surface area contributed by atoms with Gasteiger partial charge in [-0.1, -0.05) is 12.1 Å². The van der Waals surface area contributed by atoms with Gasteiger partial charge in [0.1, 0.15) is 0 Å². The summed E-state index contributed by atoms with van der Waals surface area (Å²) in [4.78, 5) is 46.5. The fourth-order valence-electron chi connectivity index (χ4n) is 3.39. The molecule has 4 rings (SSSR count). The Morgan fingerprint density at radius 3 is 2.23 bits per heavy atom. The molecule has 0 fully saturated rings. The van der Waals surface area contributed by atoms with Crippen molar-refractivity contribution in [3.8, 4) is 5.95 Å². The number of fused-ring (bicyclic) bond motifs is 1. The van der Waals surface area contributed by atoms with Crippen molar-refractivity contribution in [1.29, 1.82) is 0 Å². The van der Waals surface area contributed by atoms with Gasteiger partial charge in [0, 0.05) is 18.7 Å². The van der Waals surface area contributed by atoms with Crippen molar-refractivity contribution in [2.24, 2.45) is 0 Å². The van der Waals surface area contributed by atoms with Gasteiger partial charge in [-0.25, -0.2) is 14.6 Å². The molecule has 9 nitrogen and oxygen atoms in total. The van der Waals surface area contributed by atoms with E-state index in [1.807, 2.05) is 19.9 Å². The Morgan fingerprint density at radius 2 is 1.67 bits per heavy atom. The molecule has 0 bridgehead atoms. The Hall–Kier alpha value is -3.88. The third-order valence-electron chi connectivity index (χ3n) is 4.78. The standard InChI is InChI=1S/C21H20N6O3/c1-13-10-14(2)27(25-13)21-22-11-15(12-23-21)24-18(28)8-5-9-26-19(29)16-6-3-4-7-17(16)20(26)30/h3-4,6-7,10-12H,5,8-9H2,1-2H3,(H,24,28). The van der Waals surface area contributed by atoms with Crippen molar-refractivity contribution in [2.75, 3.05) is 11.9 Å². The Balaban J connectivity index is 1.30. The quantitative estimate of drug-likeness (QED) is 0.631. The largest absolute Gasteiger partial charge is 0.323 e. The van der Waals surface area contributed by atoms with E-state index in [4.69, 9.17) is 0 Å². The van der Waals surface area contributed by atoms with Gasteiger partial charge in [0.15, 0.2) is 0 Å². The second kappa shape index (κ2) is 7.86. The predicted molar refractivity (Wildman–Crippen MR) is 108 cm³/mol. The second-order valence-corrected chi connectivity index (χ2v) is 7.07. The summed E-state index contributed by atoms with van der Waals surface area (Å²) in [7, 11) is 0. The SMILES string of the molecule is Cc1cc(C)n(-c2ncc(NC(=O)CCCN3C(=O)c4ccccc4C3=O)cn2)n1. The van der Waals surface area contributed by atoms with Crippen molar-refractivity contribution in [3.05, 3.63) is 65.2 Å². The lowest BCUT2D eigenvalue weighted by Crippen LogP contribution is -2.31. The first-order chi connectivity index (χ1) is 14.4. The van der Waals surface area contributed by atoms with Crippen molar-refractivity contribution in [3.63, 3.8) is 0 Å². The van der Waals surface area contributed by atoms with Crippen molar-refractivity contribution in [2.45, 2.75) is 26.7 Å². The third-order valence-corrected chi connectivity index (χ3v) is 4.78. The van der Waals surface area contributed by atoms with Crippen LogP contribution in [0.2, 0.25) is 0 Å². The summed E-state index contributed by atoms with van der Waals surface area (Å²) in [5.41, 5.74) is 3.06. The van der Waals surface area contributed by atoms with E-state index in [9.17, 15) is 14.4 Å². The van der Waals surface area contributed by atoms with Crippen LogP contribution < -0.4 is 5.32 Å². The molecule has 1 aliphatic heterocycles. The molecule has 2 aromatic heterocycles. The Morgan fingerprint density at radius 1 is 1.03 bits per heavy atom. The highest BCUT2D eigenvalue weighted by Crippen LogP contribution is 2.22. The van der Waals surface area contributed by atoms with Gasteiger partial charge >= 0.3 is 0 Å². The van der Waals surface area contributed by atoms with Crippen LogP contribution in [0.5, 0.6) is 0 Å². The molecule has 0 saturated heterocycles. The fourth-order valence-corrected chi connectivity index (χ4v) is 3.39.